The highest BCUT2D eigenvalue weighted by molar-refractivity contribution is 5.94. The first-order chi connectivity index (χ1) is 9.40. The van der Waals surface area contributed by atoms with Crippen LogP contribution in [-0.4, -0.2) is 27.3 Å². The summed E-state index contributed by atoms with van der Waals surface area (Å²) in [5.74, 6) is 0.847. The van der Waals surface area contributed by atoms with Gasteiger partial charge in [0.2, 0.25) is 0 Å². The highest BCUT2D eigenvalue weighted by Gasteiger charge is 2.26. The lowest BCUT2D eigenvalue weighted by atomic mass is 9.79. The monoisotopic (exact) mass is 277 g/mol. The molecule has 0 aromatic carbocycles. The molecule has 0 saturated heterocycles. The van der Waals surface area contributed by atoms with Gasteiger partial charge >= 0.3 is 5.97 Å². The molecule has 0 spiro atoms. The molecule has 20 heavy (non-hydrogen) atoms. The summed E-state index contributed by atoms with van der Waals surface area (Å²) in [6.07, 6.45) is 3.27. The van der Waals surface area contributed by atoms with E-state index < -0.39 is 5.97 Å². The van der Waals surface area contributed by atoms with E-state index in [0.29, 0.717) is 23.0 Å². The molecule has 0 amide bonds. The summed E-state index contributed by atoms with van der Waals surface area (Å²) in [6, 6.07) is 0.288. The van der Waals surface area contributed by atoms with Crippen LogP contribution in [0.1, 0.15) is 54.7 Å². The molecular formula is C15H23N3O2. The van der Waals surface area contributed by atoms with Crippen LogP contribution in [0.3, 0.4) is 0 Å². The van der Waals surface area contributed by atoms with E-state index in [0.717, 1.165) is 18.8 Å². The second-order valence-corrected chi connectivity index (χ2v) is 6.05. The van der Waals surface area contributed by atoms with Crippen molar-refractivity contribution in [2.45, 2.75) is 53.0 Å². The molecular weight excluding hydrogens is 254 g/mol. The first-order valence-corrected chi connectivity index (χ1v) is 7.23. The first kappa shape index (κ1) is 14.8. The Bertz CT molecular complexity index is 516. The summed E-state index contributed by atoms with van der Waals surface area (Å²) in [6.45, 7) is 8.09. The number of carboxylic acids is 1. The lowest BCUT2D eigenvalue weighted by molar-refractivity contribution is 0.0696. The number of anilines is 1. The number of aromatic nitrogens is 2. The minimum absolute atomic E-state index is 0.253. The van der Waals surface area contributed by atoms with Crippen LogP contribution in [0.5, 0.6) is 0 Å². The minimum Gasteiger partial charge on any atom is -0.478 e. The van der Waals surface area contributed by atoms with Crippen LogP contribution in [0.4, 0.5) is 5.82 Å². The highest BCUT2D eigenvalue weighted by atomic mass is 16.4. The lowest BCUT2D eigenvalue weighted by Crippen LogP contribution is -2.31. The standard InChI is InChI=1S/C15H23N3O2/c1-8-5-6-12(7-9(8)2)16-14-13(15(19)20)10(3)11(4)17-18-14/h8-9,12H,5-7H2,1-4H3,(H,16,18)(H,19,20). The topological polar surface area (TPSA) is 75.1 Å². The Kier molecular flexibility index (Phi) is 4.26. The normalized spacial score (nSPS) is 26.3. The van der Waals surface area contributed by atoms with E-state index in [9.17, 15) is 9.90 Å². The average molecular weight is 277 g/mol. The van der Waals surface area contributed by atoms with Gasteiger partial charge in [0.15, 0.2) is 5.82 Å². The quantitative estimate of drug-likeness (QED) is 0.888. The molecule has 0 bridgehead atoms. The van der Waals surface area contributed by atoms with Crippen LogP contribution >= 0.6 is 0 Å². The Hall–Kier alpha value is -1.65. The van der Waals surface area contributed by atoms with E-state index in [-0.39, 0.29) is 11.6 Å². The van der Waals surface area contributed by atoms with E-state index in [1.807, 2.05) is 0 Å². The molecule has 1 fully saturated rings. The van der Waals surface area contributed by atoms with E-state index >= 15 is 0 Å². The van der Waals surface area contributed by atoms with Gasteiger partial charge < -0.3 is 10.4 Å². The molecule has 1 aliphatic rings. The Morgan fingerprint density at radius 3 is 2.50 bits per heavy atom. The van der Waals surface area contributed by atoms with Gasteiger partial charge in [-0.3, -0.25) is 0 Å². The van der Waals surface area contributed by atoms with Gasteiger partial charge in [0.25, 0.3) is 0 Å². The van der Waals surface area contributed by atoms with Crippen LogP contribution in [0.2, 0.25) is 0 Å². The zero-order valence-electron chi connectivity index (χ0n) is 12.6. The van der Waals surface area contributed by atoms with Gasteiger partial charge in [-0.2, -0.15) is 5.10 Å². The van der Waals surface area contributed by atoms with Crippen LogP contribution in [-0.2, 0) is 0 Å². The third-order valence-corrected chi connectivity index (χ3v) is 4.61. The van der Waals surface area contributed by atoms with Gasteiger partial charge in [0, 0.05) is 6.04 Å². The molecule has 5 heteroatoms. The van der Waals surface area contributed by atoms with Crippen molar-refractivity contribution in [2.24, 2.45) is 11.8 Å². The molecule has 0 radical (unpaired) electrons. The van der Waals surface area contributed by atoms with Crippen molar-refractivity contribution >= 4 is 11.8 Å². The molecule has 110 valence electrons. The summed E-state index contributed by atoms with van der Waals surface area (Å²) in [4.78, 5) is 11.4. The number of hydrogen-bond donors (Lipinski definition) is 2. The fraction of sp³-hybridized carbons (Fsp3) is 0.667. The number of nitrogens with zero attached hydrogens (tertiary/aromatic N) is 2. The number of rotatable bonds is 3. The van der Waals surface area contributed by atoms with Crippen LogP contribution in [0, 0.1) is 25.7 Å². The third-order valence-electron chi connectivity index (χ3n) is 4.61. The summed E-state index contributed by atoms with van der Waals surface area (Å²) >= 11 is 0. The second kappa shape index (κ2) is 5.77. The minimum atomic E-state index is -0.944. The van der Waals surface area contributed by atoms with Gasteiger partial charge in [-0.25, -0.2) is 4.79 Å². The molecule has 1 aliphatic carbocycles. The summed E-state index contributed by atoms with van der Waals surface area (Å²) in [5, 5.41) is 20.8. The van der Waals surface area contributed by atoms with E-state index in [1.54, 1.807) is 13.8 Å². The van der Waals surface area contributed by atoms with E-state index in [1.165, 1.54) is 6.42 Å². The molecule has 1 aromatic rings. The number of carbonyl (C=O) groups is 1. The number of carboxylic acid groups (broad SMARTS) is 1. The SMILES string of the molecule is Cc1nnc(NC2CCC(C)C(C)C2)c(C(=O)O)c1C. The maximum absolute atomic E-state index is 11.4. The maximum atomic E-state index is 11.4. The predicted octanol–water partition coefficient (Wildman–Crippen LogP) is 3.03. The van der Waals surface area contributed by atoms with Crippen molar-refractivity contribution < 1.29 is 9.90 Å². The zero-order valence-corrected chi connectivity index (χ0v) is 12.6. The Morgan fingerprint density at radius 1 is 1.20 bits per heavy atom. The van der Waals surface area contributed by atoms with Gasteiger partial charge in [-0.15, -0.1) is 5.10 Å². The number of aromatic carboxylic acids is 1. The van der Waals surface area contributed by atoms with Crippen LogP contribution < -0.4 is 5.32 Å². The molecule has 1 saturated carbocycles. The second-order valence-electron chi connectivity index (χ2n) is 6.05. The van der Waals surface area contributed by atoms with Gasteiger partial charge in [0.05, 0.1) is 5.69 Å². The molecule has 3 atom stereocenters. The average Bonchev–Trinajstić information content (AvgIpc) is 2.38. The van der Waals surface area contributed by atoms with Crippen LogP contribution in [0.25, 0.3) is 0 Å². The van der Waals surface area contributed by atoms with Gasteiger partial charge in [-0.05, 0) is 50.5 Å². The highest BCUT2D eigenvalue weighted by Crippen LogP contribution is 2.31. The Labute approximate surface area is 119 Å². The molecule has 1 heterocycles. The summed E-state index contributed by atoms with van der Waals surface area (Å²) < 4.78 is 0. The lowest BCUT2D eigenvalue weighted by Gasteiger charge is -2.33. The van der Waals surface area contributed by atoms with Gasteiger partial charge in [-0.1, -0.05) is 13.8 Å². The molecule has 1 aromatic heterocycles. The number of nitrogens with one attached hydrogen (secondary N) is 1. The predicted molar refractivity (Wildman–Crippen MR) is 78.1 cm³/mol. The first-order valence-electron chi connectivity index (χ1n) is 7.23. The number of hydrogen-bond acceptors (Lipinski definition) is 4. The molecule has 2 N–H and O–H groups in total. The fourth-order valence-electron chi connectivity index (χ4n) is 2.84. The zero-order chi connectivity index (χ0) is 14.9. The van der Waals surface area contributed by atoms with Gasteiger partial charge in [0.1, 0.15) is 5.56 Å². The van der Waals surface area contributed by atoms with Crippen LogP contribution in [0.15, 0.2) is 0 Å². The largest absolute Gasteiger partial charge is 0.478 e. The molecule has 2 rings (SSSR count). The van der Waals surface area contributed by atoms with E-state index in [4.69, 9.17) is 0 Å². The van der Waals surface area contributed by atoms with Crippen molar-refractivity contribution in [1.82, 2.24) is 10.2 Å². The third kappa shape index (κ3) is 2.92. The van der Waals surface area contributed by atoms with Crippen molar-refractivity contribution in [3.63, 3.8) is 0 Å². The number of aryl methyl sites for hydroxylation is 1. The van der Waals surface area contributed by atoms with E-state index in [2.05, 4.69) is 29.4 Å². The summed E-state index contributed by atoms with van der Waals surface area (Å²) in [7, 11) is 0. The molecule has 5 nitrogen and oxygen atoms in total. The molecule has 3 unspecified atom stereocenters. The van der Waals surface area contributed by atoms with Crippen molar-refractivity contribution in [2.75, 3.05) is 5.32 Å². The molecule has 0 aliphatic heterocycles. The van der Waals surface area contributed by atoms with Crippen molar-refractivity contribution in [3.05, 3.63) is 16.8 Å². The fourth-order valence-corrected chi connectivity index (χ4v) is 2.84. The Morgan fingerprint density at radius 2 is 1.90 bits per heavy atom. The summed E-state index contributed by atoms with van der Waals surface area (Å²) in [5.41, 5.74) is 1.61. The van der Waals surface area contributed by atoms with Crippen molar-refractivity contribution in [3.8, 4) is 0 Å². The Balaban J connectivity index is 2.22. The smallest absolute Gasteiger partial charge is 0.339 e. The van der Waals surface area contributed by atoms with Crippen molar-refractivity contribution in [1.29, 1.82) is 0 Å². The maximum Gasteiger partial charge on any atom is 0.339 e.